The number of likely N-dealkylation sites (tertiary alicyclic amines) is 1. The van der Waals surface area contributed by atoms with Crippen LogP contribution >= 0.6 is 0 Å². The molecule has 0 unspecified atom stereocenters. The maximum Gasteiger partial charge on any atom is 0.270 e. The number of H-pyrrole nitrogens is 1. The Morgan fingerprint density at radius 1 is 1.35 bits per heavy atom. The summed E-state index contributed by atoms with van der Waals surface area (Å²) in [7, 11) is 0. The van der Waals surface area contributed by atoms with Gasteiger partial charge in [-0.3, -0.25) is 9.59 Å². The number of halogens is 1. The molecule has 3 rings (SSSR count). The lowest BCUT2D eigenvalue weighted by atomic mass is 10.1. The number of aromatic amines is 1. The second kappa shape index (κ2) is 6.02. The highest BCUT2D eigenvalue weighted by Crippen LogP contribution is 2.23. The lowest BCUT2D eigenvalue weighted by molar-refractivity contribution is -0.120. The SMILES string of the molecule is CC(=O)N[C@H]1CCCN(C(=O)c2cc3c(C)cc(F)cc3[nH]2)C1. The average molecular weight is 317 g/mol. The molecule has 2 N–H and O–H groups in total. The van der Waals surface area contributed by atoms with E-state index in [0.717, 1.165) is 23.8 Å². The van der Waals surface area contributed by atoms with Crippen LogP contribution in [0.5, 0.6) is 0 Å². The maximum atomic E-state index is 13.5. The molecule has 1 aromatic heterocycles. The number of carbonyl (C=O) groups is 2. The van der Waals surface area contributed by atoms with Gasteiger partial charge in [-0.05, 0) is 43.5 Å². The molecule has 1 fully saturated rings. The van der Waals surface area contributed by atoms with Gasteiger partial charge in [0.15, 0.2) is 0 Å². The first-order chi connectivity index (χ1) is 10.9. The molecule has 6 heteroatoms. The monoisotopic (exact) mass is 317 g/mol. The molecule has 1 aliphatic heterocycles. The van der Waals surface area contributed by atoms with Crippen LogP contribution in [0.3, 0.4) is 0 Å². The van der Waals surface area contributed by atoms with Gasteiger partial charge in [0, 0.05) is 37.0 Å². The third-order valence-corrected chi connectivity index (χ3v) is 4.26. The number of piperidine rings is 1. The van der Waals surface area contributed by atoms with Crippen LogP contribution < -0.4 is 5.32 Å². The van der Waals surface area contributed by atoms with Crippen LogP contribution in [0.15, 0.2) is 18.2 Å². The molecule has 23 heavy (non-hydrogen) atoms. The molecule has 0 radical (unpaired) electrons. The average Bonchev–Trinajstić information content (AvgIpc) is 2.90. The topological polar surface area (TPSA) is 65.2 Å². The van der Waals surface area contributed by atoms with E-state index in [4.69, 9.17) is 0 Å². The molecule has 1 saturated heterocycles. The van der Waals surface area contributed by atoms with Gasteiger partial charge in [-0.15, -0.1) is 0 Å². The molecule has 1 aliphatic rings. The van der Waals surface area contributed by atoms with Crippen molar-refractivity contribution < 1.29 is 14.0 Å². The molecule has 0 spiro atoms. The van der Waals surface area contributed by atoms with Crippen molar-refractivity contribution in [3.63, 3.8) is 0 Å². The number of nitrogens with zero attached hydrogens (tertiary/aromatic N) is 1. The highest BCUT2D eigenvalue weighted by molar-refractivity contribution is 5.99. The van der Waals surface area contributed by atoms with Gasteiger partial charge in [-0.2, -0.15) is 0 Å². The number of nitrogens with one attached hydrogen (secondary N) is 2. The Bertz CT molecular complexity index is 769. The maximum absolute atomic E-state index is 13.5. The van der Waals surface area contributed by atoms with E-state index in [1.807, 2.05) is 6.92 Å². The predicted octanol–water partition coefficient (Wildman–Crippen LogP) is 2.36. The largest absolute Gasteiger partial charge is 0.352 e. The zero-order valence-corrected chi connectivity index (χ0v) is 13.3. The summed E-state index contributed by atoms with van der Waals surface area (Å²) in [5, 5.41) is 3.72. The van der Waals surface area contributed by atoms with Crippen molar-refractivity contribution in [2.75, 3.05) is 13.1 Å². The summed E-state index contributed by atoms with van der Waals surface area (Å²) in [4.78, 5) is 28.6. The lowest BCUT2D eigenvalue weighted by Crippen LogP contribution is -2.49. The molecular formula is C17H20FN3O2. The van der Waals surface area contributed by atoms with Crippen LogP contribution in [-0.2, 0) is 4.79 Å². The van der Waals surface area contributed by atoms with E-state index in [1.54, 1.807) is 11.0 Å². The minimum Gasteiger partial charge on any atom is -0.352 e. The summed E-state index contributed by atoms with van der Waals surface area (Å²) in [5.74, 6) is -0.517. The van der Waals surface area contributed by atoms with E-state index in [9.17, 15) is 14.0 Å². The van der Waals surface area contributed by atoms with E-state index in [-0.39, 0.29) is 23.7 Å². The summed E-state index contributed by atoms with van der Waals surface area (Å²) >= 11 is 0. The fraction of sp³-hybridized carbons (Fsp3) is 0.412. The summed E-state index contributed by atoms with van der Waals surface area (Å²) in [6, 6.07) is 4.62. The second-order valence-electron chi connectivity index (χ2n) is 6.16. The van der Waals surface area contributed by atoms with Gasteiger partial charge in [0.1, 0.15) is 11.5 Å². The van der Waals surface area contributed by atoms with Crippen molar-refractivity contribution >= 4 is 22.7 Å². The predicted molar refractivity (Wildman–Crippen MR) is 85.7 cm³/mol. The highest BCUT2D eigenvalue weighted by atomic mass is 19.1. The number of amides is 2. The van der Waals surface area contributed by atoms with Crippen molar-refractivity contribution in [2.45, 2.75) is 32.7 Å². The third kappa shape index (κ3) is 3.21. The minimum absolute atomic E-state index is 0.00578. The fourth-order valence-corrected chi connectivity index (χ4v) is 3.23. The Kier molecular flexibility index (Phi) is 4.07. The van der Waals surface area contributed by atoms with Gasteiger partial charge >= 0.3 is 0 Å². The number of fused-ring (bicyclic) bond motifs is 1. The van der Waals surface area contributed by atoms with Gasteiger partial charge < -0.3 is 15.2 Å². The number of carbonyl (C=O) groups excluding carboxylic acids is 2. The Morgan fingerprint density at radius 3 is 2.87 bits per heavy atom. The van der Waals surface area contributed by atoms with E-state index in [2.05, 4.69) is 10.3 Å². The smallest absolute Gasteiger partial charge is 0.270 e. The summed E-state index contributed by atoms with van der Waals surface area (Å²) in [6.07, 6.45) is 1.73. The number of hydrogen-bond donors (Lipinski definition) is 2. The van der Waals surface area contributed by atoms with Crippen molar-refractivity contribution in [1.82, 2.24) is 15.2 Å². The summed E-state index contributed by atoms with van der Waals surface area (Å²) in [6.45, 7) is 4.47. The number of hydrogen-bond acceptors (Lipinski definition) is 2. The Morgan fingerprint density at radius 2 is 2.13 bits per heavy atom. The zero-order chi connectivity index (χ0) is 16.6. The van der Waals surface area contributed by atoms with Crippen LogP contribution in [0.4, 0.5) is 4.39 Å². The lowest BCUT2D eigenvalue weighted by Gasteiger charge is -2.32. The first-order valence-electron chi connectivity index (χ1n) is 7.79. The summed E-state index contributed by atoms with van der Waals surface area (Å²) in [5.41, 5.74) is 1.88. The van der Waals surface area contributed by atoms with Crippen LogP contribution in [0, 0.1) is 12.7 Å². The Balaban J connectivity index is 1.82. The van der Waals surface area contributed by atoms with Gasteiger partial charge in [0.05, 0.1) is 0 Å². The molecule has 0 saturated carbocycles. The van der Waals surface area contributed by atoms with Gasteiger partial charge in [0.25, 0.3) is 5.91 Å². The van der Waals surface area contributed by atoms with Crippen molar-refractivity contribution in [1.29, 1.82) is 0 Å². The quantitative estimate of drug-likeness (QED) is 0.893. The molecule has 122 valence electrons. The van der Waals surface area contributed by atoms with Gasteiger partial charge in [-0.1, -0.05) is 0 Å². The van der Waals surface area contributed by atoms with Crippen LogP contribution in [0.2, 0.25) is 0 Å². The molecule has 1 aromatic carbocycles. The number of rotatable bonds is 2. The molecule has 1 atom stereocenters. The minimum atomic E-state index is -0.320. The highest BCUT2D eigenvalue weighted by Gasteiger charge is 2.26. The van der Waals surface area contributed by atoms with Crippen molar-refractivity contribution in [3.8, 4) is 0 Å². The van der Waals surface area contributed by atoms with Gasteiger partial charge in [0.2, 0.25) is 5.91 Å². The molecule has 2 aromatic rings. The number of benzene rings is 1. The molecular weight excluding hydrogens is 297 g/mol. The number of aromatic nitrogens is 1. The molecule has 0 aliphatic carbocycles. The standard InChI is InChI=1S/C17H20FN3O2/c1-10-6-12(18)7-15-14(10)8-16(20-15)17(23)21-5-3-4-13(9-21)19-11(2)22/h6-8,13,20H,3-5,9H2,1-2H3,(H,19,22)/t13-/m0/s1. The molecule has 0 bridgehead atoms. The van der Waals surface area contributed by atoms with E-state index >= 15 is 0 Å². The van der Waals surface area contributed by atoms with E-state index in [1.165, 1.54) is 19.1 Å². The Labute approximate surface area is 133 Å². The fourth-order valence-electron chi connectivity index (χ4n) is 3.23. The third-order valence-electron chi connectivity index (χ3n) is 4.26. The molecule has 2 heterocycles. The first kappa shape index (κ1) is 15.5. The van der Waals surface area contributed by atoms with Crippen molar-refractivity contribution in [2.24, 2.45) is 0 Å². The van der Waals surface area contributed by atoms with Crippen LogP contribution in [-0.4, -0.2) is 40.8 Å². The molecule has 5 nitrogen and oxygen atoms in total. The van der Waals surface area contributed by atoms with Crippen molar-refractivity contribution in [3.05, 3.63) is 35.3 Å². The first-order valence-corrected chi connectivity index (χ1v) is 7.79. The Hall–Kier alpha value is -2.37. The molecule has 2 amide bonds. The second-order valence-corrected chi connectivity index (χ2v) is 6.16. The summed E-state index contributed by atoms with van der Waals surface area (Å²) < 4.78 is 13.5. The number of aryl methyl sites for hydroxylation is 1. The van der Waals surface area contributed by atoms with Gasteiger partial charge in [-0.25, -0.2) is 4.39 Å². The normalized spacial score (nSPS) is 18.2. The van der Waals surface area contributed by atoms with Crippen LogP contribution in [0.1, 0.15) is 35.8 Å². The van der Waals surface area contributed by atoms with E-state index in [0.29, 0.717) is 24.3 Å². The zero-order valence-electron chi connectivity index (χ0n) is 13.3. The van der Waals surface area contributed by atoms with Crippen LogP contribution in [0.25, 0.3) is 10.9 Å². The van der Waals surface area contributed by atoms with E-state index < -0.39 is 0 Å².